The van der Waals surface area contributed by atoms with E-state index >= 15 is 0 Å². The molecule has 4 aromatic carbocycles. The molecule has 0 aliphatic heterocycles. The van der Waals surface area contributed by atoms with Crippen molar-refractivity contribution in [3.8, 4) is 11.5 Å². The van der Waals surface area contributed by atoms with Gasteiger partial charge < -0.3 is 20.1 Å². The third-order valence-electron chi connectivity index (χ3n) is 5.10. The summed E-state index contributed by atoms with van der Waals surface area (Å²) >= 11 is 5.30. The van der Waals surface area contributed by atoms with Gasteiger partial charge in [-0.3, -0.25) is 14.9 Å². The molecule has 0 unspecified atom stereocenters. The molecule has 0 aliphatic carbocycles. The van der Waals surface area contributed by atoms with Crippen LogP contribution < -0.4 is 25.4 Å². The molecule has 4 rings (SSSR count). The Hall–Kier alpha value is -4.69. The summed E-state index contributed by atoms with van der Waals surface area (Å²) in [6.45, 7) is 0.699. The molecule has 0 saturated heterocycles. The smallest absolute Gasteiger partial charge is 0.257 e. The van der Waals surface area contributed by atoms with Crippen molar-refractivity contribution in [1.29, 1.82) is 0 Å². The highest BCUT2D eigenvalue weighted by Crippen LogP contribution is 2.16. The Morgan fingerprint density at radius 2 is 1.16 bits per heavy atom. The summed E-state index contributed by atoms with van der Waals surface area (Å²) in [6.07, 6.45) is 0. The lowest BCUT2D eigenvalue weighted by molar-refractivity contribution is 0.0975. The van der Waals surface area contributed by atoms with E-state index in [0.29, 0.717) is 41.5 Å². The molecule has 0 radical (unpaired) electrons. The fourth-order valence-corrected chi connectivity index (χ4v) is 3.57. The van der Waals surface area contributed by atoms with Gasteiger partial charge in [-0.25, -0.2) is 0 Å². The average molecular weight is 512 g/mol. The molecule has 0 atom stereocenters. The SMILES string of the molecule is O=C(NC(=S)Nc1cccc(C(=O)Nc2ccccc2)c1)c1cccc(OCCOc2ccccc2)c1. The second kappa shape index (κ2) is 12.9. The van der Waals surface area contributed by atoms with E-state index in [1.165, 1.54) is 0 Å². The molecule has 0 heterocycles. The fraction of sp³-hybridized carbons (Fsp3) is 0.0690. The van der Waals surface area contributed by atoms with Crippen molar-refractivity contribution in [1.82, 2.24) is 5.32 Å². The van der Waals surface area contributed by atoms with Gasteiger partial charge in [-0.1, -0.05) is 48.5 Å². The highest BCUT2D eigenvalue weighted by Gasteiger charge is 2.11. The van der Waals surface area contributed by atoms with E-state index in [9.17, 15) is 9.59 Å². The standard InChI is InChI=1S/C29H25N3O4S/c33-27(30-23-11-3-1-4-12-23)21-9-7-13-24(19-21)31-29(37)32-28(34)22-10-8-16-26(20-22)36-18-17-35-25-14-5-2-6-15-25/h1-16,19-20H,17-18H2,(H,30,33)(H2,31,32,34,37). The van der Waals surface area contributed by atoms with Crippen LogP contribution in [0.3, 0.4) is 0 Å². The minimum absolute atomic E-state index is 0.105. The minimum Gasteiger partial charge on any atom is -0.490 e. The maximum Gasteiger partial charge on any atom is 0.257 e. The lowest BCUT2D eigenvalue weighted by Gasteiger charge is -2.12. The molecule has 0 saturated carbocycles. The van der Waals surface area contributed by atoms with E-state index in [1.54, 1.807) is 48.5 Å². The van der Waals surface area contributed by atoms with Crippen LogP contribution in [-0.4, -0.2) is 30.1 Å². The molecule has 4 aromatic rings. The summed E-state index contributed by atoms with van der Waals surface area (Å²) in [4.78, 5) is 25.3. The van der Waals surface area contributed by atoms with Crippen molar-refractivity contribution in [3.05, 3.63) is 120 Å². The summed E-state index contributed by atoms with van der Waals surface area (Å²) in [5, 5.41) is 8.54. The van der Waals surface area contributed by atoms with Gasteiger partial charge in [0.2, 0.25) is 0 Å². The van der Waals surface area contributed by atoms with E-state index in [4.69, 9.17) is 21.7 Å². The number of amides is 2. The van der Waals surface area contributed by atoms with E-state index in [1.807, 2.05) is 60.7 Å². The first kappa shape index (κ1) is 25.4. The van der Waals surface area contributed by atoms with Crippen LogP contribution in [0.5, 0.6) is 11.5 Å². The van der Waals surface area contributed by atoms with Gasteiger partial charge in [0.1, 0.15) is 24.7 Å². The van der Waals surface area contributed by atoms with Gasteiger partial charge in [-0.15, -0.1) is 0 Å². The molecule has 2 amide bonds. The lowest BCUT2D eigenvalue weighted by atomic mass is 10.2. The highest BCUT2D eigenvalue weighted by molar-refractivity contribution is 7.80. The van der Waals surface area contributed by atoms with Gasteiger partial charge in [0.05, 0.1) is 0 Å². The molecule has 8 heteroatoms. The summed E-state index contributed by atoms with van der Waals surface area (Å²) in [6, 6.07) is 32.3. The average Bonchev–Trinajstić information content (AvgIpc) is 2.92. The topological polar surface area (TPSA) is 88.7 Å². The number of rotatable bonds is 9. The Balaban J connectivity index is 1.27. The molecule has 0 aromatic heterocycles. The van der Waals surface area contributed by atoms with Crippen LogP contribution in [0.15, 0.2) is 109 Å². The van der Waals surface area contributed by atoms with Gasteiger partial charge >= 0.3 is 0 Å². The zero-order chi connectivity index (χ0) is 25.9. The number of carbonyl (C=O) groups is 2. The van der Waals surface area contributed by atoms with Crippen LogP contribution in [0.4, 0.5) is 11.4 Å². The van der Waals surface area contributed by atoms with Crippen LogP contribution >= 0.6 is 12.2 Å². The highest BCUT2D eigenvalue weighted by atomic mass is 32.1. The number of ether oxygens (including phenoxy) is 2. The third-order valence-corrected chi connectivity index (χ3v) is 5.31. The largest absolute Gasteiger partial charge is 0.490 e. The van der Waals surface area contributed by atoms with Crippen LogP contribution in [0.1, 0.15) is 20.7 Å². The lowest BCUT2D eigenvalue weighted by Crippen LogP contribution is -2.34. The molecule has 0 aliphatic rings. The first-order chi connectivity index (χ1) is 18.1. The van der Waals surface area contributed by atoms with Crippen LogP contribution in [0.25, 0.3) is 0 Å². The molecule has 37 heavy (non-hydrogen) atoms. The number of thiocarbonyl (C=S) groups is 1. The van der Waals surface area contributed by atoms with E-state index < -0.39 is 0 Å². The predicted molar refractivity (Wildman–Crippen MR) is 148 cm³/mol. The Bertz CT molecular complexity index is 1360. The molecular weight excluding hydrogens is 486 g/mol. The molecule has 0 spiro atoms. The Morgan fingerprint density at radius 1 is 0.595 bits per heavy atom. The second-order valence-corrected chi connectivity index (χ2v) is 8.26. The molecular formula is C29H25N3O4S. The first-order valence-corrected chi connectivity index (χ1v) is 12.0. The van der Waals surface area contributed by atoms with Gasteiger partial charge in [0, 0.05) is 22.5 Å². The van der Waals surface area contributed by atoms with Crippen molar-refractivity contribution in [2.75, 3.05) is 23.8 Å². The maximum atomic E-state index is 12.7. The zero-order valence-corrected chi connectivity index (χ0v) is 20.7. The van der Waals surface area contributed by atoms with E-state index in [0.717, 1.165) is 5.75 Å². The number of para-hydroxylation sites is 2. The Kier molecular flexibility index (Phi) is 8.82. The van der Waals surface area contributed by atoms with Gasteiger partial charge in [0.25, 0.3) is 11.8 Å². The third kappa shape index (κ3) is 7.91. The van der Waals surface area contributed by atoms with Crippen LogP contribution in [0.2, 0.25) is 0 Å². The number of carbonyl (C=O) groups excluding carboxylic acids is 2. The molecule has 3 N–H and O–H groups in total. The second-order valence-electron chi connectivity index (χ2n) is 7.85. The van der Waals surface area contributed by atoms with Crippen molar-refractivity contribution in [3.63, 3.8) is 0 Å². The van der Waals surface area contributed by atoms with Crippen LogP contribution in [-0.2, 0) is 0 Å². The molecule has 0 fully saturated rings. The van der Waals surface area contributed by atoms with E-state index in [2.05, 4.69) is 16.0 Å². The Morgan fingerprint density at radius 3 is 1.89 bits per heavy atom. The first-order valence-electron chi connectivity index (χ1n) is 11.6. The number of hydrogen-bond donors (Lipinski definition) is 3. The molecule has 7 nitrogen and oxygen atoms in total. The number of benzene rings is 4. The maximum absolute atomic E-state index is 12.7. The quantitative estimate of drug-likeness (QED) is 0.202. The van der Waals surface area contributed by atoms with Crippen molar-refractivity contribution < 1.29 is 19.1 Å². The van der Waals surface area contributed by atoms with Crippen molar-refractivity contribution in [2.45, 2.75) is 0 Å². The van der Waals surface area contributed by atoms with E-state index in [-0.39, 0.29) is 16.9 Å². The van der Waals surface area contributed by atoms with Crippen LogP contribution in [0, 0.1) is 0 Å². The predicted octanol–water partition coefficient (Wildman–Crippen LogP) is 5.52. The van der Waals surface area contributed by atoms with Gasteiger partial charge in [-0.2, -0.15) is 0 Å². The summed E-state index contributed by atoms with van der Waals surface area (Å²) in [5.41, 5.74) is 2.11. The minimum atomic E-state index is -0.388. The normalized spacial score (nSPS) is 10.2. The number of hydrogen-bond acceptors (Lipinski definition) is 5. The van der Waals surface area contributed by atoms with Gasteiger partial charge in [-0.05, 0) is 72.9 Å². The molecule has 0 bridgehead atoms. The fourth-order valence-electron chi connectivity index (χ4n) is 3.36. The summed E-state index contributed by atoms with van der Waals surface area (Å²) < 4.78 is 11.3. The zero-order valence-electron chi connectivity index (χ0n) is 19.8. The van der Waals surface area contributed by atoms with Crippen molar-refractivity contribution in [2.24, 2.45) is 0 Å². The summed E-state index contributed by atoms with van der Waals surface area (Å²) in [7, 11) is 0. The summed E-state index contributed by atoms with van der Waals surface area (Å²) in [5.74, 6) is 0.667. The van der Waals surface area contributed by atoms with Gasteiger partial charge in [0.15, 0.2) is 5.11 Å². The Labute approximate surface area is 220 Å². The number of anilines is 2. The van der Waals surface area contributed by atoms with Crippen molar-refractivity contribution >= 4 is 40.5 Å². The monoisotopic (exact) mass is 511 g/mol. The molecule has 186 valence electrons. The number of nitrogens with one attached hydrogen (secondary N) is 3.